The summed E-state index contributed by atoms with van der Waals surface area (Å²) in [6.45, 7) is 4.39. The molecule has 0 spiro atoms. The van der Waals surface area contributed by atoms with Crippen molar-refractivity contribution in [3.8, 4) is 28.6 Å². The van der Waals surface area contributed by atoms with Crippen molar-refractivity contribution >= 4 is 17.4 Å². The van der Waals surface area contributed by atoms with Crippen molar-refractivity contribution in [2.75, 3.05) is 11.9 Å². The summed E-state index contributed by atoms with van der Waals surface area (Å²) in [5.74, 6) is 1.61. The minimum atomic E-state index is -0.561. The largest absolute Gasteiger partial charge is 0.504 e. The van der Waals surface area contributed by atoms with Gasteiger partial charge in [-0.15, -0.1) is 10.2 Å². The van der Waals surface area contributed by atoms with Gasteiger partial charge in [0.2, 0.25) is 11.0 Å². The summed E-state index contributed by atoms with van der Waals surface area (Å²) in [5, 5.41) is 22.9. The fourth-order valence-corrected chi connectivity index (χ4v) is 4.39. The van der Waals surface area contributed by atoms with E-state index in [1.54, 1.807) is 18.2 Å². The van der Waals surface area contributed by atoms with Crippen LogP contribution in [0.3, 0.4) is 0 Å². The zero-order chi connectivity index (χ0) is 23.5. The molecule has 1 unspecified atom stereocenters. The molecule has 5 rings (SSSR count). The molecule has 1 aliphatic rings. The van der Waals surface area contributed by atoms with Gasteiger partial charge in [-0.3, -0.25) is 0 Å². The van der Waals surface area contributed by atoms with Crippen molar-refractivity contribution < 1.29 is 14.6 Å². The lowest BCUT2D eigenvalue weighted by Crippen LogP contribution is -2.17. The van der Waals surface area contributed by atoms with Gasteiger partial charge in [-0.05, 0) is 43.7 Å². The van der Waals surface area contributed by atoms with E-state index in [0.717, 1.165) is 22.6 Å². The van der Waals surface area contributed by atoms with E-state index in [9.17, 15) is 5.11 Å². The van der Waals surface area contributed by atoms with Crippen molar-refractivity contribution in [1.82, 2.24) is 15.2 Å². The average molecular weight is 473 g/mol. The van der Waals surface area contributed by atoms with Gasteiger partial charge < -0.3 is 19.9 Å². The molecule has 3 aromatic carbocycles. The van der Waals surface area contributed by atoms with Crippen LogP contribution in [0.1, 0.15) is 29.8 Å². The lowest BCUT2D eigenvalue weighted by Gasteiger charge is -2.20. The zero-order valence-electron chi connectivity index (χ0n) is 18.9. The summed E-state index contributed by atoms with van der Waals surface area (Å²) in [6.07, 6.45) is -0.561. The maximum absolute atomic E-state index is 10.1. The van der Waals surface area contributed by atoms with Crippen LogP contribution in [0.5, 0.6) is 17.4 Å². The van der Waals surface area contributed by atoms with Crippen molar-refractivity contribution in [3.05, 3.63) is 83.4 Å². The van der Waals surface area contributed by atoms with E-state index in [2.05, 4.69) is 46.7 Å². The predicted molar refractivity (Wildman–Crippen MR) is 132 cm³/mol. The van der Waals surface area contributed by atoms with E-state index in [0.29, 0.717) is 29.1 Å². The number of hydrogen-bond donors (Lipinski definition) is 2. The second-order valence-electron chi connectivity index (χ2n) is 7.87. The third-order valence-corrected chi connectivity index (χ3v) is 6.32. The molecule has 34 heavy (non-hydrogen) atoms. The van der Waals surface area contributed by atoms with E-state index < -0.39 is 6.23 Å². The van der Waals surface area contributed by atoms with Crippen molar-refractivity contribution in [3.63, 3.8) is 0 Å². The average Bonchev–Trinajstić information content (AvgIpc) is 3.02. The number of fused-ring (bicyclic) bond motifs is 3. The lowest BCUT2D eigenvalue weighted by atomic mass is 10.1. The van der Waals surface area contributed by atoms with E-state index >= 15 is 0 Å². The SMILES string of the molecule is CCOc1cc(C2Nc3ccccc3-c3nnc(SCc4ccc(C)cc4)nc3O2)ccc1O. The first-order chi connectivity index (χ1) is 16.6. The molecule has 0 saturated carbocycles. The normalized spacial score (nSPS) is 14.2. The summed E-state index contributed by atoms with van der Waals surface area (Å²) in [5.41, 5.74) is 5.49. The number of aryl methyl sites for hydroxylation is 1. The number of benzene rings is 3. The molecule has 1 aromatic heterocycles. The molecule has 7 nitrogen and oxygen atoms in total. The highest BCUT2D eigenvalue weighted by Crippen LogP contribution is 2.40. The van der Waals surface area contributed by atoms with E-state index in [1.807, 2.05) is 31.2 Å². The smallest absolute Gasteiger partial charge is 0.247 e. The Morgan fingerprint density at radius 3 is 2.71 bits per heavy atom. The summed E-state index contributed by atoms with van der Waals surface area (Å²) in [7, 11) is 0. The van der Waals surface area contributed by atoms with Crippen molar-refractivity contribution in [1.29, 1.82) is 0 Å². The number of thioether (sulfide) groups is 1. The van der Waals surface area contributed by atoms with Crippen LogP contribution in [0, 0.1) is 6.92 Å². The number of rotatable bonds is 6. The Kier molecular flexibility index (Phi) is 6.22. The number of aromatic nitrogens is 3. The molecule has 2 N–H and O–H groups in total. The number of nitrogens with one attached hydrogen (secondary N) is 1. The molecule has 0 aliphatic carbocycles. The highest BCUT2D eigenvalue weighted by Gasteiger charge is 2.26. The topological polar surface area (TPSA) is 89.4 Å². The van der Waals surface area contributed by atoms with Crippen LogP contribution in [0.25, 0.3) is 11.3 Å². The van der Waals surface area contributed by atoms with Crippen LogP contribution < -0.4 is 14.8 Å². The maximum atomic E-state index is 10.1. The molecule has 0 bridgehead atoms. The van der Waals surface area contributed by atoms with Crippen LogP contribution in [0.15, 0.2) is 71.9 Å². The Morgan fingerprint density at radius 2 is 1.88 bits per heavy atom. The Morgan fingerprint density at radius 1 is 1.06 bits per heavy atom. The quantitative estimate of drug-likeness (QED) is 0.343. The van der Waals surface area contributed by atoms with Gasteiger partial charge in [-0.1, -0.05) is 59.8 Å². The Bertz CT molecular complexity index is 1310. The monoisotopic (exact) mass is 472 g/mol. The van der Waals surface area contributed by atoms with Gasteiger partial charge in [-0.25, -0.2) is 0 Å². The standard InChI is InChI=1S/C26H24N4O3S/c1-3-32-22-14-18(12-13-21(22)31)24-27-20-7-5-4-6-19(20)23-25(33-24)28-26(30-29-23)34-15-17-10-8-16(2)9-11-17/h4-14,24,27,31H,3,15H2,1-2H3. The van der Waals surface area contributed by atoms with Crippen molar-refractivity contribution in [2.45, 2.75) is 31.0 Å². The second-order valence-corrected chi connectivity index (χ2v) is 8.81. The summed E-state index contributed by atoms with van der Waals surface area (Å²) in [6, 6.07) is 21.4. The molecule has 0 fully saturated rings. The first-order valence-electron chi connectivity index (χ1n) is 11.0. The molecular weight excluding hydrogens is 448 g/mol. The maximum Gasteiger partial charge on any atom is 0.247 e. The molecule has 0 amide bonds. The molecule has 1 aliphatic heterocycles. The van der Waals surface area contributed by atoms with Gasteiger partial charge >= 0.3 is 0 Å². The number of phenols is 1. The number of hydrogen-bond acceptors (Lipinski definition) is 8. The highest BCUT2D eigenvalue weighted by atomic mass is 32.2. The minimum absolute atomic E-state index is 0.0822. The molecule has 8 heteroatoms. The molecule has 0 saturated heterocycles. The van der Waals surface area contributed by atoms with Crippen LogP contribution >= 0.6 is 11.8 Å². The summed E-state index contributed by atoms with van der Waals surface area (Å²) in [4.78, 5) is 4.70. The molecular formula is C26H24N4O3S. The molecule has 0 radical (unpaired) electrons. The molecule has 172 valence electrons. The van der Waals surface area contributed by atoms with Gasteiger partial charge in [-0.2, -0.15) is 4.98 Å². The van der Waals surface area contributed by atoms with Crippen LogP contribution in [-0.4, -0.2) is 26.9 Å². The summed E-state index contributed by atoms with van der Waals surface area (Å²) < 4.78 is 11.9. The van der Waals surface area contributed by atoms with E-state index in [-0.39, 0.29) is 5.75 Å². The Labute approximate surface area is 202 Å². The number of ether oxygens (including phenoxy) is 2. The van der Waals surface area contributed by atoms with Gasteiger partial charge in [0.05, 0.1) is 6.61 Å². The number of phenolic OH excluding ortho intramolecular Hbond substituents is 1. The van der Waals surface area contributed by atoms with Crippen LogP contribution in [0.2, 0.25) is 0 Å². The van der Waals surface area contributed by atoms with Gasteiger partial charge in [0.25, 0.3) is 0 Å². The number of aromatic hydroxyl groups is 1. The summed E-state index contributed by atoms with van der Waals surface area (Å²) >= 11 is 1.51. The zero-order valence-corrected chi connectivity index (χ0v) is 19.7. The number of para-hydroxylation sites is 1. The second kappa shape index (κ2) is 9.61. The lowest BCUT2D eigenvalue weighted by molar-refractivity contribution is 0.224. The minimum Gasteiger partial charge on any atom is -0.504 e. The molecule has 4 aromatic rings. The first kappa shape index (κ1) is 22.0. The van der Waals surface area contributed by atoms with Crippen LogP contribution in [0.4, 0.5) is 5.69 Å². The van der Waals surface area contributed by atoms with Gasteiger partial charge in [0.1, 0.15) is 0 Å². The molecule has 1 atom stereocenters. The van der Waals surface area contributed by atoms with Gasteiger partial charge in [0.15, 0.2) is 23.4 Å². The van der Waals surface area contributed by atoms with Crippen molar-refractivity contribution in [2.24, 2.45) is 0 Å². The van der Waals surface area contributed by atoms with Gasteiger partial charge in [0, 0.05) is 22.6 Å². The van der Waals surface area contributed by atoms with E-state index in [4.69, 9.17) is 14.5 Å². The van der Waals surface area contributed by atoms with E-state index in [1.165, 1.54) is 22.9 Å². The fraction of sp³-hybridized carbons (Fsp3) is 0.192. The molecule has 2 heterocycles. The number of nitrogens with zero attached hydrogens (tertiary/aromatic N) is 3. The highest BCUT2D eigenvalue weighted by molar-refractivity contribution is 7.98. The fourth-order valence-electron chi connectivity index (χ4n) is 3.66. The Hall–Kier alpha value is -3.78. The first-order valence-corrected chi connectivity index (χ1v) is 12.0. The third-order valence-electron chi connectivity index (χ3n) is 5.41. The number of anilines is 1. The third kappa shape index (κ3) is 4.63. The predicted octanol–water partition coefficient (Wildman–Crippen LogP) is 5.75. The van der Waals surface area contributed by atoms with Crippen LogP contribution in [-0.2, 0) is 5.75 Å². The Balaban J connectivity index is 1.48.